The maximum absolute atomic E-state index is 14.0. The van der Waals surface area contributed by atoms with Crippen LogP contribution in [0.15, 0.2) is 0 Å². The van der Waals surface area contributed by atoms with E-state index in [0.29, 0.717) is 58.5 Å². The van der Waals surface area contributed by atoms with E-state index in [1.807, 2.05) is 19.0 Å². The Balaban J connectivity index is 2.82. The molecule has 0 saturated carbocycles. The number of carbonyl (C=O) groups is 4. The van der Waals surface area contributed by atoms with E-state index in [1.54, 1.807) is 0 Å². The molecule has 1 aliphatic heterocycles. The monoisotopic (exact) mass is 1130 g/mol. The summed E-state index contributed by atoms with van der Waals surface area (Å²) in [5.74, 6) is -1.28. The van der Waals surface area contributed by atoms with Crippen LogP contribution in [0.5, 0.6) is 0 Å². The van der Waals surface area contributed by atoms with Crippen molar-refractivity contribution in [2.24, 2.45) is 0 Å². The van der Waals surface area contributed by atoms with Gasteiger partial charge >= 0.3 is 17.9 Å². The first kappa shape index (κ1) is 75.8. The summed E-state index contributed by atoms with van der Waals surface area (Å²) in [5.41, 5.74) is 0. The summed E-state index contributed by atoms with van der Waals surface area (Å²) in [6.45, 7) is 14.2. The molecule has 0 unspecified atom stereocenters. The van der Waals surface area contributed by atoms with Crippen LogP contribution < -0.4 is 5.32 Å². The molecule has 0 aromatic rings. The smallest absolute Gasteiger partial charge is 0.323 e. The number of nitrogens with one attached hydrogen (secondary N) is 1. The van der Waals surface area contributed by atoms with Crippen LogP contribution in [0.2, 0.25) is 0 Å². The van der Waals surface area contributed by atoms with Crippen LogP contribution in [0.3, 0.4) is 0 Å². The number of nitrogens with zero attached hydrogens (tertiary/aromatic N) is 2. The van der Waals surface area contributed by atoms with Crippen molar-refractivity contribution in [2.45, 2.75) is 373 Å². The van der Waals surface area contributed by atoms with Crippen molar-refractivity contribution in [3.05, 3.63) is 0 Å². The molecule has 1 saturated heterocycles. The first-order chi connectivity index (χ1) is 39.0. The fourth-order valence-electron chi connectivity index (χ4n) is 11.6. The second kappa shape index (κ2) is 54.7. The van der Waals surface area contributed by atoms with Crippen molar-refractivity contribution < 1.29 is 38.1 Å². The van der Waals surface area contributed by atoms with Crippen LogP contribution in [0.25, 0.3) is 0 Å². The van der Waals surface area contributed by atoms with Crippen LogP contribution >= 0.6 is 0 Å². The van der Waals surface area contributed by atoms with Crippen molar-refractivity contribution in [1.82, 2.24) is 15.1 Å². The van der Waals surface area contributed by atoms with Gasteiger partial charge in [0.1, 0.15) is 6.04 Å². The number of amides is 1. The van der Waals surface area contributed by atoms with Crippen LogP contribution in [0.1, 0.15) is 349 Å². The average molecular weight is 1130 g/mol. The molecule has 1 amide bonds. The molecule has 1 fully saturated rings. The molecule has 0 aromatic heterocycles. The van der Waals surface area contributed by atoms with E-state index in [4.69, 9.17) is 18.9 Å². The van der Waals surface area contributed by atoms with Crippen molar-refractivity contribution >= 4 is 23.8 Å². The Morgan fingerprint density at radius 2 is 0.875 bits per heavy atom. The maximum Gasteiger partial charge on any atom is 0.323 e. The van der Waals surface area contributed by atoms with Gasteiger partial charge in [0.15, 0.2) is 0 Å². The van der Waals surface area contributed by atoms with Gasteiger partial charge in [-0.1, -0.05) is 253 Å². The summed E-state index contributed by atoms with van der Waals surface area (Å²) in [6, 6.07) is -0.509. The van der Waals surface area contributed by atoms with Gasteiger partial charge in [0.05, 0.1) is 19.3 Å². The summed E-state index contributed by atoms with van der Waals surface area (Å²) < 4.78 is 25.5. The van der Waals surface area contributed by atoms with Gasteiger partial charge in [0.25, 0.3) is 0 Å². The van der Waals surface area contributed by atoms with Gasteiger partial charge in [-0.05, 0) is 84.8 Å². The molecule has 1 rings (SSSR count). The second-order valence-corrected chi connectivity index (χ2v) is 24.9. The zero-order valence-electron chi connectivity index (χ0n) is 54.1. The fourth-order valence-corrected chi connectivity index (χ4v) is 11.6. The standard InChI is InChI=1S/C69H133N3O8/c1-8-13-18-23-28-29-30-37-47-58-77-66(74)51-43-39-46-56-72-61-62(70-65(73)53-57-71(6)7)60-64(72)68(76)78-59-48-38-31-34-42-52-67(75)80-69(54-44-35-26-21-16-11-4,55-45-36-27-22-17-12-5)79-63(49-40-32-24-19-14-9-2)50-41-33-25-20-15-10-3/h62-64H,8-61H2,1-7H3,(H,70,73)/t62-,64+/m1/s1. The number of esters is 3. The first-order valence-electron chi connectivity index (χ1n) is 34.9. The molecule has 1 heterocycles. The molecular formula is C69H133N3O8. The Labute approximate surface area is 495 Å². The lowest BCUT2D eigenvalue weighted by atomic mass is 9.97. The number of hydrogen-bond donors (Lipinski definition) is 1. The highest BCUT2D eigenvalue weighted by Gasteiger charge is 2.39. The third kappa shape index (κ3) is 44.3. The molecule has 0 aliphatic carbocycles. The predicted octanol–water partition coefficient (Wildman–Crippen LogP) is 18.6. The Morgan fingerprint density at radius 1 is 0.475 bits per heavy atom. The second-order valence-electron chi connectivity index (χ2n) is 24.9. The van der Waals surface area contributed by atoms with E-state index in [-0.39, 0.29) is 36.0 Å². The molecule has 11 nitrogen and oxygen atoms in total. The van der Waals surface area contributed by atoms with Gasteiger partial charge in [-0.15, -0.1) is 0 Å². The van der Waals surface area contributed by atoms with E-state index < -0.39 is 11.8 Å². The normalized spacial score (nSPS) is 14.9. The molecule has 0 radical (unpaired) electrons. The van der Waals surface area contributed by atoms with E-state index >= 15 is 0 Å². The van der Waals surface area contributed by atoms with Crippen LogP contribution in [-0.2, 0) is 38.1 Å². The van der Waals surface area contributed by atoms with Crippen LogP contribution in [-0.4, -0.2) is 105 Å². The number of ether oxygens (including phenoxy) is 4. The minimum Gasteiger partial charge on any atom is -0.466 e. The predicted molar refractivity (Wildman–Crippen MR) is 336 cm³/mol. The van der Waals surface area contributed by atoms with E-state index in [9.17, 15) is 19.2 Å². The minimum absolute atomic E-state index is 0.00656. The van der Waals surface area contributed by atoms with Crippen molar-refractivity contribution in [2.75, 3.05) is 46.9 Å². The summed E-state index contributed by atoms with van der Waals surface area (Å²) in [5, 5.41) is 3.18. The summed E-state index contributed by atoms with van der Waals surface area (Å²) in [7, 11) is 3.92. The van der Waals surface area contributed by atoms with Gasteiger partial charge in [0.2, 0.25) is 11.7 Å². The van der Waals surface area contributed by atoms with Gasteiger partial charge < -0.3 is 29.2 Å². The van der Waals surface area contributed by atoms with E-state index in [1.165, 1.54) is 173 Å². The molecule has 2 atom stereocenters. The third-order valence-corrected chi connectivity index (χ3v) is 16.7. The Bertz CT molecular complexity index is 1400. The highest BCUT2D eigenvalue weighted by atomic mass is 16.7. The molecule has 0 spiro atoms. The lowest BCUT2D eigenvalue weighted by Gasteiger charge is -2.37. The third-order valence-electron chi connectivity index (χ3n) is 16.7. The summed E-state index contributed by atoms with van der Waals surface area (Å²) in [4.78, 5) is 57.1. The number of carbonyl (C=O) groups excluding carboxylic acids is 4. The van der Waals surface area contributed by atoms with Crippen molar-refractivity contribution in [1.29, 1.82) is 0 Å². The topological polar surface area (TPSA) is 124 Å². The molecule has 1 aliphatic rings. The fraction of sp³-hybridized carbons (Fsp3) is 0.942. The molecule has 11 heteroatoms. The first-order valence-corrected chi connectivity index (χ1v) is 34.9. The Morgan fingerprint density at radius 3 is 1.35 bits per heavy atom. The zero-order chi connectivity index (χ0) is 58.4. The number of rotatable bonds is 60. The molecule has 472 valence electrons. The molecular weight excluding hydrogens is 999 g/mol. The largest absolute Gasteiger partial charge is 0.466 e. The van der Waals surface area contributed by atoms with Gasteiger partial charge in [-0.25, -0.2) is 0 Å². The Kier molecular flexibility index (Phi) is 51.8. The number of unbranched alkanes of at least 4 members (excludes halogenated alkanes) is 34. The molecule has 0 aromatic carbocycles. The SMILES string of the molecule is CCCCCCCCCCCOC(=O)CCCCCN1C[C@H](NC(=O)CCN(C)C)C[C@H]1C(=O)OCCCCCCCC(=O)OC(CCCCCCCC)(CCCCCCCC)OC(CCCCCCCC)CCCCCCCC. The molecule has 0 bridgehead atoms. The Hall–Kier alpha value is -2.24. The molecule has 1 N–H and O–H groups in total. The van der Waals surface area contributed by atoms with Gasteiger partial charge in [0, 0.05) is 51.2 Å². The number of hydrogen-bond acceptors (Lipinski definition) is 10. The lowest BCUT2D eigenvalue weighted by Crippen LogP contribution is -2.42. The quantitative estimate of drug-likeness (QED) is 0.0272. The minimum atomic E-state index is -0.847. The zero-order valence-corrected chi connectivity index (χ0v) is 54.1. The van der Waals surface area contributed by atoms with Crippen LogP contribution in [0.4, 0.5) is 0 Å². The van der Waals surface area contributed by atoms with Gasteiger partial charge in [-0.3, -0.25) is 24.1 Å². The highest BCUT2D eigenvalue weighted by molar-refractivity contribution is 5.78. The van der Waals surface area contributed by atoms with Crippen LogP contribution in [0, 0.1) is 0 Å². The van der Waals surface area contributed by atoms with E-state index in [0.717, 1.165) is 116 Å². The summed E-state index contributed by atoms with van der Waals surface area (Å²) >= 11 is 0. The number of likely N-dealkylation sites (tertiary alicyclic amines) is 1. The average Bonchev–Trinajstić information content (AvgIpc) is 3.90. The van der Waals surface area contributed by atoms with Crippen molar-refractivity contribution in [3.63, 3.8) is 0 Å². The maximum atomic E-state index is 14.0. The lowest BCUT2D eigenvalue weighted by molar-refractivity contribution is -0.259. The van der Waals surface area contributed by atoms with Crippen molar-refractivity contribution in [3.8, 4) is 0 Å². The summed E-state index contributed by atoms with van der Waals surface area (Å²) in [6.07, 6.45) is 53.2. The van der Waals surface area contributed by atoms with E-state index in [2.05, 4.69) is 44.8 Å². The molecule has 80 heavy (non-hydrogen) atoms. The highest BCUT2D eigenvalue weighted by Crippen LogP contribution is 2.34. The van der Waals surface area contributed by atoms with Gasteiger partial charge in [-0.2, -0.15) is 0 Å².